The van der Waals surface area contributed by atoms with E-state index in [9.17, 15) is 48.6 Å². The predicted octanol–water partition coefficient (Wildman–Crippen LogP) is 8.99. The van der Waals surface area contributed by atoms with Crippen LogP contribution in [0.3, 0.4) is 0 Å². The Morgan fingerprint density at radius 1 is 0.786 bits per heavy atom. The van der Waals surface area contributed by atoms with E-state index in [2.05, 4.69) is 30.1 Å². The van der Waals surface area contributed by atoms with Crippen molar-refractivity contribution in [2.45, 2.75) is 199 Å². The highest BCUT2D eigenvalue weighted by Crippen LogP contribution is 2.60. The molecule has 8 atom stereocenters. The number of ether oxygens (including phenoxy) is 3. The summed E-state index contributed by atoms with van der Waals surface area (Å²) in [6.07, 6.45) is 28.2. The number of aliphatic hydroxyl groups is 3. The Morgan fingerprint density at radius 3 is 2.04 bits per heavy atom. The number of hydrogen-bond donors (Lipinski definition) is 6. The molecule has 7 N–H and O–H groups in total. The third kappa shape index (κ3) is 29.9. The summed E-state index contributed by atoms with van der Waals surface area (Å²) in [7, 11) is -10.9. The zero-order valence-corrected chi connectivity index (χ0v) is 43.4. The molecule has 0 spiro atoms. The molecule has 1 saturated heterocycles. The molecule has 400 valence electrons. The molecule has 1 aromatic heterocycles. The minimum atomic E-state index is -5.44. The Labute approximate surface area is 414 Å². The van der Waals surface area contributed by atoms with Crippen molar-refractivity contribution in [3.8, 4) is 0 Å². The molecular weight excluding hydrogens is 948 g/mol. The quantitative estimate of drug-likeness (QED) is 0.0117. The molecule has 0 aromatic carbocycles. The van der Waals surface area contributed by atoms with Crippen molar-refractivity contribution < 1.29 is 71.4 Å². The topological polar surface area (TPSA) is 286 Å². The van der Waals surface area contributed by atoms with E-state index in [1.165, 1.54) is 51.0 Å². The average molecular weight is 1030 g/mol. The van der Waals surface area contributed by atoms with Crippen molar-refractivity contribution in [3.63, 3.8) is 0 Å². The number of allylic oxidation sites excluding steroid dienone is 7. The number of unbranched alkanes of at least 4 members (excludes halogenated alkanes) is 13. The van der Waals surface area contributed by atoms with Gasteiger partial charge in [-0.25, -0.2) is 13.9 Å². The lowest BCUT2D eigenvalue weighted by molar-refractivity contribution is -0.161. The summed E-state index contributed by atoms with van der Waals surface area (Å²) >= 11 is 0. The number of aliphatic hydroxyl groups excluding tert-OH is 3. The second-order valence-electron chi connectivity index (χ2n) is 18.0. The van der Waals surface area contributed by atoms with Crippen LogP contribution in [0.5, 0.6) is 0 Å². The number of nitrogen functional groups attached to an aromatic ring is 1. The molecular formula is C49H83N3O16P2. The van der Waals surface area contributed by atoms with Gasteiger partial charge in [0.2, 0.25) is 0 Å². The van der Waals surface area contributed by atoms with Crippen molar-refractivity contribution >= 4 is 33.4 Å². The fraction of sp³-hybridized carbons (Fsp3) is 0.714. The molecule has 0 amide bonds. The number of carbonyl (C=O) groups is 2. The van der Waals surface area contributed by atoms with E-state index in [4.69, 9.17) is 29.0 Å². The van der Waals surface area contributed by atoms with E-state index in [0.717, 1.165) is 74.5 Å². The molecule has 2 heterocycles. The van der Waals surface area contributed by atoms with Crippen LogP contribution in [0.2, 0.25) is 0 Å². The molecule has 1 aliphatic rings. The first-order chi connectivity index (χ1) is 33.4. The van der Waals surface area contributed by atoms with Crippen LogP contribution in [0.4, 0.5) is 5.82 Å². The van der Waals surface area contributed by atoms with Crippen LogP contribution in [0.1, 0.15) is 168 Å². The highest BCUT2D eigenvalue weighted by Gasteiger charge is 2.46. The molecule has 70 heavy (non-hydrogen) atoms. The van der Waals surface area contributed by atoms with Crippen LogP contribution < -0.4 is 11.4 Å². The largest absolute Gasteiger partial charge is 0.481 e. The number of nitrogens with two attached hydrogens (primary N) is 1. The Hall–Kier alpha value is -3.32. The predicted molar refractivity (Wildman–Crippen MR) is 267 cm³/mol. The van der Waals surface area contributed by atoms with Gasteiger partial charge in [0.15, 0.2) is 12.3 Å². The number of anilines is 1. The number of nitrogens with zero attached hydrogens (tertiary/aromatic N) is 2. The van der Waals surface area contributed by atoms with Crippen LogP contribution in [0.15, 0.2) is 65.7 Å². The highest BCUT2D eigenvalue weighted by molar-refractivity contribution is 7.61. The summed E-state index contributed by atoms with van der Waals surface area (Å²) < 4.78 is 56.7. The van der Waals surface area contributed by atoms with Crippen LogP contribution >= 0.6 is 15.6 Å². The summed E-state index contributed by atoms with van der Waals surface area (Å²) in [5, 5.41) is 30.8. The smallest absolute Gasteiger partial charge is 0.462 e. The monoisotopic (exact) mass is 1030 g/mol. The standard InChI is InChI=1S/C49H83N3O16P2/c1-4-5-24-30-40(53)31-26-21-17-13-9-7-10-14-18-22-27-32-44(54)63-36-41(66-45(55)33-28-23-19-15-11-6-8-12-16-20-25-29-39(2)3)37-64-69(59,60)68-70(61,62)65-38-42-46(56)47(57)48(67-42)52-35-34-43(50)51-49(52)58/h7,9,14,17-18,21,26,31,34-35,39-42,46-48,53,56-57H,4-6,8,10-13,15-16,19-20,22-25,27-30,32-33,36-38H2,1-3H3,(H,59,60)(H,61,62)(H2,50,51,58)/b9-7-,18-14-,21-17-,31-26+/t40-,41-,42-,46-,47-,48-/m1/s1. The van der Waals surface area contributed by atoms with Crippen LogP contribution in [-0.2, 0) is 46.3 Å². The lowest BCUT2D eigenvalue weighted by Gasteiger charge is -2.21. The summed E-state index contributed by atoms with van der Waals surface area (Å²) in [6.45, 7) is 4.25. The molecule has 1 fully saturated rings. The van der Waals surface area contributed by atoms with Gasteiger partial charge in [0, 0.05) is 19.0 Å². The maximum absolute atomic E-state index is 12.8. The van der Waals surface area contributed by atoms with Crippen LogP contribution in [0.25, 0.3) is 0 Å². The zero-order chi connectivity index (χ0) is 51.6. The number of phosphoric ester groups is 2. The molecule has 1 aromatic rings. The van der Waals surface area contributed by atoms with E-state index in [1.807, 2.05) is 42.5 Å². The van der Waals surface area contributed by atoms with Gasteiger partial charge in [-0.2, -0.15) is 9.29 Å². The van der Waals surface area contributed by atoms with Crippen molar-refractivity contribution in [1.82, 2.24) is 9.55 Å². The summed E-state index contributed by atoms with van der Waals surface area (Å²) in [5.74, 6) is -0.639. The first-order valence-corrected chi connectivity index (χ1v) is 28.1. The fourth-order valence-corrected chi connectivity index (χ4v) is 9.36. The van der Waals surface area contributed by atoms with Gasteiger partial charge in [-0.05, 0) is 50.5 Å². The number of hydrogen-bond acceptors (Lipinski definition) is 16. The summed E-state index contributed by atoms with van der Waals surface area (Å²) in [6, 6.07) is 1.24. The minimum Gasteiger partial charge on any atom is -0.462 e. The number of phosphoric acid groups is 2. The molecule has 0 bridgehead atoms. The third-order valence-corrected chi connectivity index (χ3v) is 13.8. The van der Waals surface area contributed by atoms with Crippen molar-refractivity contribution in [2.24, 2.45) is 5.92 Å². The number of rotatable bonds is 40. The SMILES string of the molecule is CCCCC[C@@H](O)/C=C/C=C\C/C=C\C/C=C\CCCC(=O)OC[C@H](COP(=O)(O)OP(=O)(O)OC[C@H]1O[C@@H](n2ccc(N)nc2=O)[C@H](O)[C@@H]1O)OC(=O)CCCCCCCCCCCCCC(C)C. The molecule has 19 nitrogen and oxygen atoms in total. The lowest BCUT2D eigenvalue weighted by Crippen LogP contribution is -2.36. The van der Waals surface area contributed by atoms with Gasteiger partial charge < -0.3 is 45.1 Å². The Balaban J connectivity index is 1.84. The maximum Gasteiger partial charge on any atom is 0.481 e. The first kappa shape index (κ1) is 62.8. The van der Waals surface area contributed by atoms with Gasteiger partial charge in [0.05, 0.1) is 19.3 Å². The van der Waals surface area contributed by atoms with Crippen molar-refractivity contribution in [2.75, 3.05) is 25.6 Å². The highest BCUT2D eigenvalue weighted by atomic mass is 31.3. The van der Waals surface area contributed by atoms with Gasteiger partial charge >= 0.3 is 33.3 Å². The third-order valence-electron chi connectivity index (χ3n) is 11.2. The lowest BCUT2D eigenvalue weighted by atomic mass is 10.0. The van der Waals surface area contributed by atoms with E-state index in [0.29, 0.717) is 25.7 Å². The van der Waals surface area contributed by atoms with E-state index in [-0.39, 0.29) is 18.7 Å². The molecule has 1 aliphatic heterocycles. The van der Waals surface area contributed by atoms with Gasteiger partial charge in [0.1, 0.15) is 30.7 Å². The molecule has 0 aliphatic carbocycles. The number of esters is 2. The first-order valence-electron chi connectivity index (χ1n) is 25.1. The molecule has 21 heteroatoms. The minimum absolute atomic E-state index is 0.0295. The summed E-state index contributed by atoms with van der Waals surface area (Å²) in [4.78, 5) is 61.8. The maximum atomic E-state index is 12.8. The van der Waals surface area contributed by atoms with E-state index < -0.39 is 89.8 Å². The van der Waals surface area contributed by atoms with Gasteiger partial charge in [-0.1, -0.05) is 159 Å². The summed E-state index contributed by atoms with van der Waals surface area (Å²) in [5.41, 5.74) is 4.58. The van der Waals surface area contributed by atoms with Gasteiger partial charge in [0.25, 0.3) is 0 Å². The normalized spacial score (nSPS) is 20.2. The number of carbonyl (C=O) groups excluding carboxylic acids is 2. The van der Waals surface area contributed by atoms with Gasteiger partial charge in [-0.15, -0.1) is 0 Å². The van der Waals surface area contributed by atoms with Crippen LogP contribution in [-0.4, -0.2) is 96.9 Å². The fourth-order valence-electron chi connectivity index (χ4n) is 7.25. The molecule has 0 saturated carbocycles. The molecule has 2 unspecified atom stereocenters. The number of aromatic nitrogens is 2. The Bertz CT molecular complexity index is 1890. The van der Waals surface area contributed by atoms with Crippen molar-refractivity contribution in [1.29, 1.82) is 0 Å². The Kier molecular flexibility index (Phi) is 32.8. The van der Waals surface area contributed by atoms with Crippen LogP contribution in [0, 0.1) is 5.92 Å². The van der Waals surface area contributed by atoms with Crippen molar-refractivity contribution in [3.05, 3.63) is 71.4 Å². The van der Waals surface area contributed by atoms with E-state index >= 15 is 0 Å². The second kappa shape index (κ2) is 36.6. The average Bonchev–Trinajstić information content (AvgIpc) is 3.58. The van der Waals surface area contributed by atoms with Gasteiger partial charge in [-0.3, -0.25) is 23.2 Å². The van der Waals surface area contributed by atoms with E-state index in [1.54, 1.807) is 6.08 Å². The zero-order valence-electron chi connectivity index (χ0n) is 41.6. The Morgan fingerprint density at radius 2 is 1.39 bits per heavy atom. The molecule has 0 radical (unpaired) electrons. The second-order valence-corrected chi connectivity index (χ2v) is 21.0. The molecule has 2 rings (SSSR count).